The number of carbonyl (C=O) groups excluding carboxylic acids is 1. The molecule has 0 saturated heterocycles. The second-order valence-electron chi connectivity index (χ2n) is 10.0. The summed E-state index contributed by atoms with van der Waals surface area (Å²) >= 11 is 0. The molecule has 204 valence electrons. The van der Waals surface area contributed by atoms with Gasteiger partial charge in [0, 0.05) is 0 Å². The molecule has 0 rings (SSSR count). The highest BCUT2D eigenvalue weighted by Crippen LogP contribution is 2.16. The number of rotatable bonds is 26. The SMILES string of the molecule is CCCCCCCCCCCCCCC(C(=O)OCCCCCCCCCCCC)S(=O)(=O)O. The average molecular weight is 505 g/mol. The van der Waals surface area contributed by atoms with Gasteiger partial charge in [-0.05, 0) is 12.8 Å². The predicted molar refractivity (Wildman–Crippen MR) is 144 cm³/mol. The third kappa shape index (κ3) is 21.9. The quantitative estimate of drug-likeness (QED) is 0.0723. The Balaban J connectivity index is 3.77. The lowest BCUT2D eigenvalue weighted by molar-refractivity contribution is -0.143. The Morgan fingerprint density at radius 2 is 0.912 bits per heavy atom. The zero-order chi connectivity index (χ0) is 25.3. The first-order valence-electron chi connectivity index (χ1n) is 14.6. The molecule has 0 amide bonds. The molecule has 0 aliphatic carbocycles. The molecule has 0 aromatic rings. The molecule has 1 unspecified atom stereocenters. The van der Waals surface area contributed by atoms with E-state index in [4.69, 9.17) is 4.74 Å². The van der Waals surface area contributed by atoms with Crippen LogP contribution in [0.5, 0.6) is 0 Å². The normalized spacial score (nSPS) is 12.7. The Morgan fingerprint density at radius 1 is 0.588 bits per heavy atom. The first-order chi connectivity index (χ1) is 16.4. The van der Waals surface area contributed by atoms with Crippen molar-refractivity contribution in [1.82, 2.24) is 0 Å². The molecule has 0 aromatic carbocycles. The Hall–Kier alpha value is -0.620. The van der Waals surface area contributed by atoms with Crippen LogP contribution in [-0.2, 0) is 19.6 Å². The molecule has 6 heteroatoms. The summed E-state index contributed by atoms with van der Waals surface area (Å²) in [6.45, 7) is 4.70. The van der Waals surface area contributed by atoms with Crippen LogP contribution in [0.3, 0.4) is 0 Å². The largest absolute Gasteiger partial charge is 0.465 e. The minimum atomic E-state index is -4.42. The highest BCUT2D eigenvalue weighted by molar-refractivity contribution is 7.87. The van der Waals surface area contributed by atoms with Gasteiger partial charge in [0.15, 0.2) is 5.25 Å². The zero-order valence-electron chi connectivity index (χ0n) is 22.5. The number of carbonyl (C=O) groups is 1. The van der Waals surface area contributed by atoms with Crippen molar-refractivity contribution in [2.75, 3.05) is 6.61 Å². The topological polar surface area (TPSA) is 80.7 Å². The van der Waals surface area contributed by atoms with Crippen molar-refractivity contribution in [2.24, 2.45) is 0 Å². The summed E-state index contributed by atoms with van der Waals surface area (Å²) in [6.07, 6.45) is 26.2. The smallest absolute Gasteiger partial charge is 0.326 e. The molecule has 0 fully saturated rings. The van der Waals surface area contributed by atoms with Crippen molar-refractivity contribution in [3.63, 3.8) is 0 Å². The van der Waals surface area contributed by atoms with Crippen LogP contribution in [0.25, 0.3) is 0 Å². The van der Waals surface area contributed by atoms with Crippen molar-refractivity contribution in [1.29, 1.82) is 0 Å². The summed E-state index contributed by atoms with van der Waals surface area (Å²) in [4.78, 5) is 12.2. The zero-order valence-corrected chi connectivity index (χ0v) is 23.4. The molecule has 34 heavy (non-hydrogen) atoms. The van der Waals surface area contributed by atoms with Gasteiger partial charge in [0.1, 0.15) is 0 Å². The highest BCUT2D eigenvalue weighted by atomic mass is 32.2. The maximum absolute atomic E-state index is 12.2. The fourth-order valence-electron chi connectivity index (χ4n) is 4.41. The summed E-state index contributed by atoms with van der Waals surface area (Å²) in [5, 5.41) is -1.43. The third-order valence-electron chi connectivity index (χ3n) is 6.68. The molecule has 5 nitrogen and oxygen atoms in total. The monoisotopic (exact) mass is 504 g/mol. The third-order valence-corrected chi connectivity index (χ3v) is 7.83. The summed E-state index contributed by atoms with van der Waals surface area (Å²) in [5.41, 5.74) is 0. The molecule has 0 saturated carbocycles. The van der Waals surface area contributed by atoms with Gasteiger partial charge in [0.05, 0.1) is 6.61 Å². The van der Waals surface area contributed by atoms with E-state index in [1.54, 1.807) is 0 Å². The minimum absolute atomic E-state index is 0.146. The Morgan fingerprint density at radius 3 is 1.26 bits per heavy atom. The molecule has 0 heterocycles. The van der Waals surface area contributed by atoms with Crippen molar-refractivity contribution in [3.05, 3.63) is 0 Å². The molecule has 0 aliphatic rings. The lowest BCUT2D eigenvalue weighted by Crippen LogP contribution is -2.32. The van der Waals surface area contributed by atoms with Gasteiger partial charge in [-0.15, -0.1) is 0 Å². The summed E-state index contributed by atoms with van der Waals surface area (Å²) in [7, 11) is -4.42. The van der Waals surface area contributed by atoms with E-state index in [9.17, 15) is 17.8 Å². The van der Waals surface area contributed by atoms with Gasteiger partial charge in [0.25, 0.3) is 10.1 Å². The van der Waals surface area contributed by atoms with Gasteiger partial charge in [-0.3, -0.25) is 9.35 Å². The van der Waals surface area contributed by atoms with Crippen LogP contribution in [-0.4, -0.2) is 30.8 Å². The van der Waals surface area contributed by atoms with Crippen molar-refractivity contribution >= 4 is 16.1 Å². The lowest BCUT2D eigenvalue weighted by Gasteiger charge is -2.13. The number of unbranched alkanes of at least 4 members (excludes halogenated alkanes) is 20. The molecule has 0 spiro atoms. The van der Waals surface area contributed by atoms with Gasteiger partial charge in [-0.25, -0.2) is 0 Å². The van der Waals surface area contributed by atoms with E-state index in [1.807, 2.05) is 0 Å². The summed E-state index contributed by atoms with van der Waals surface area (Å²) < 4.78 is 38.0. The molecule has 0 radical (unpaired) electrons. The van der Waals surface area contributed by atoms with E-state index in [0.717, 1.165) is 38.5 Å². The fourth-order valence-corrected chi connectivity index (χ4v) is 5.19. The van der Waals surface area contributed by atoms with Crippen LogP contribution in [0.15, 0.2) is 0 Å². The van der Waals surface area contributed by atoms with E-state index in [1.165, 1.54) is 96.3 Å². The molecular formula is C28H56O5S. The van der Waals surface area contributed by atoms with Gasteiger partial charge in [0.2, 0.25) is 0 Å². The van der Waals surface area contributed by atoms with Crippen LogP contribution in [0.1, 0.15) is 162 Å². The van der Waals surface area contributed by atoms with E-state index >= 15 is 0 Å². The standard InChI is InChI=1S/C28H56O5S/c1-3-5-7-9-11-13-15-16-17-19-21-23-25-27(34(30,31)32)28(29)33-26-24-22-20-18-14-12-10-8-6-4-2/h27H,3-26H2,1-2H3,(H,30,31,32). The molecule has 0 aromatic heterocycles. The minimum Gasteiger partial charge on any atom is -0.465 e. The van der Waals surface area contributed by atoms with Crippen molar-refractivity contribution in [3.8, 4) is 0 Å². The maximum Gasteiger partial charge on any atom is 0.326 e. The number of hydrogen-bond donors (Lipinski definition) is 1. The second kappa shape index (κ2) is 24.1. The Bertz CT molecular complexity index is 547. The van der Waals surface area contributed by atoms with Gasteiger partial charge in [-0.1, -0.05) is 149 Å². The van der Waals surface area contributed by atoms with E-state index in [2.05, 4.69) is 13.8 Å². The summed E-state index contributed by atoms with van der Waals surface area (Å²) in [5.74, 6) is -0.790. The molecular weight excluding hydrogens is 448 g/mol. The fraction of sp³-hybridized carbons (Fsp3) is 0.964. The van der Waals surface area contributed by atoms with Crippen LogP contribution < -0.4 is 0 Å². The molecule has 0 aliphatic heterocycles. The first kappa shape index (κ1) is 33.4. The van der Waals surface area contributed by atoms with E-state index in [0.29, 0.717) is 6.42 Å². The first-order valence-corrected chi connectivity index (χ1v) is 16.1. The second-order valence-corrected chi connectivity index (χ2v) is 11.6. The van der Waals surface area contributed by atoms with Crippen LogP contribution >= 0.6 is 0 Å². The summed E-state index contributed by atoms with van der Waals surface area (Å²) in [6, 6.07) is 0. The average Bonchev–Trinajstić information content (AvgIpc) is 2.79. The Kier molecular flexibility index (Phi) is 23.7. The van der Waals surface area contributed by atoms with Crippen LogP contribution in [0.4, 0.5) is 0 Å². The van der Waals surface area contributed by atoms with Gasteiger partial charge in [-0.2, -0.15) is 8.42 Å². The van der Waals surface area contributed by atoms with Crippen molar-refractivity contribution in [2.45, 2.75) is 167 Å². The number of ether oxygens (including phenoxy) is 1. The molecule has 1 N–H and O–H groups in total. The van der Waals surface area contributed by atoms with E-state index < -0.39 is 21.3 Å². The lowest BCUT2D eigenvalue weighted by atomic mass is 10.0. The highest BCUT2D eigenvalue weighted by Gasteiger charge is 2.31. The Labute approximate surface area is 211 Å². The number of esters is 1. The van der Waals surface area contributed by atoms with Crippen molar-refractivity contribution < 1.29 is 22.5 Å². The van der Waals surface area contributed by atoms with Crippen LogP contribution in [0.2, 0.25) is 0 Å². The predicted octanol–water partition coefficient (Wildman–Crippen LogP) is 8.80. The van der Waals surface area contributed by atoms with Gasteiger partial charge < -0.3 is 4.74 Å². The maximum atomic E-state index is 12.2. The number of hydrogen-bond acceptors (Lipinski definition) is 4. The molecule has 0 bridgehead atoms. The molecule has 1 atom stereocenters. The van der Waals surface area contributed by atoms with Crippen LogP contribution in [0, 0.1) is 0 Å². The van der Waals surface area contributed by atoms with Gasteiger partial charge >= 0.3 is 5.97 Å². The van der Waals surface area contributed by atoms with E-state index in [-0.39, 0.29) is 13.0 Å².